The Hall–Kier alpha value is -1.90. The summed E-state index contributed by atoms with van der Waals surface area (Å²) in [7, 11) is 5.81. The topological polar surface area (TPSA) is 199 Å². The zero-order valence-corrected chi connectivity index (χ0v) is 32.1. The van der Waals surface area contributed by atoms with Gasteiger partial charge in [-0.1, -0.05) is 29.3 Å². The molecule has 17 heteroatoms. The maximum Gasteiger partial charge on any atom is 0.375 e. The summed E-state index contributed by atoms with van der Waals surface area (Å²) < 4.78 is 34.2. The molecule has 0 aromatic carbocycles. The summed E-state index contributed by atoms with van der Waals surface area (Å²) in [5.74, 6) is -1.76. The second-order valence-corrected chi connectivity index (χ2v) is 8.62. The molecule has 0 fully saturated rings. The Morgan fingerprint density at radius 1 is 0.795 bits per heavy atom. The maximum atomic E-state index is 11.5. The minimum Gasteiger partial charge on any atom is -0.475 e. The number of carbonyl (C=O) groups excluding carboxylic acids is 2. The zero-order valence-electron chi connectivity index (χ0n) is 26.4. The molecule has 15 nitrogen and oxygen atoms in total. The van der Waals surface area contributed by atoms with Crippen molar-refractivity contribution in [1.82, 2.24) is 20.5 Å². The number of rotatable bonds is 14. The quantitative estimate of drug-likeness (QED) is 0.230. The average molecular weight is 774 g/mol. The van der Waals surface area contributed by atoms with Crippen LogP contribution < -0.4 is 0 Å². The molecule has 240 valence electrons. The Bertz CT molecular complexity index is 1230. The summed E-state index contributed by atoms with van der Waals surface area (Å²) in [6, 6.07) is 0. The fourth-order valence-electron chi connectivity index (χ4n) is 3.90. The van der Waals surface area contributed by atoms with Gasteiger partial charge in [0.15, 0.2) is 0 Å². The molecule has 0 aliphatic carbocycles. The first-order chi connectivity index (χ1) is 20.2. The summed E-state index contributed by atoms with van der Waals surface area (Å²) in [5.41, 5.74) is 2.34. The molecular weight excluding hydrogens is 734 g/mol. The van der Waals surface area contributed by atoms with Crippen molar-refractivity contribution in [1.29, 1.82) is 0 Å². The van der Waals surface area contributed by atoms with Crippen molar-refractivity contribution in [3.8, 4) is 11.6 Å². The summed E-state index contributed by atoms with van der Waals surface area (Å²) in [4.78, 5) is 37.7. The van der Waals surface area contributed by atoms with E-state index >= 15 is 0 Å². The van der Waals surface area contributed by atoms with E-state index < -0.39 is 5.97 Å². The predicted octanol–water partition coefficient (Wildman–Crippen LogP) is 4.10. The summed E-state index contributed by atoms with van der Waals surface area (Å²) in [6.45, 7) is 8.38. The Morgan fingerprint density at radius 2 is 1.27 bits per heavy atom. The average Bonchev–Trinajstić information content (AvgIpc) is 3.75. The van der Waals surface area contributed by atoms with E-state index in [0.29, 0.717) is 54.6 Å². The molecule has 0 bridgehead atoms. The molecule has 2 unspecified atom stereocenters. The molecule has 3 aromatic rings. The minimum atomic E-state index is -1.18. The first-order valence-electron chi connectivity index (χ1n) is 13.2. The van der Waals surface area contributed by atoms with Crippen LogP contribution in [0.1, 0.15) is 84.4 Å². The van der Waals surface area contributed by atoms with Crippen LogP contribution in [-0.4, -0.2) is 85.1 Å². The van der Waals surface area contributed by atoms with Crippen LogP contribution in [0.4, 0.5) is 0 Å². The van der Waals surface area contributed by atoms with Gasteiger partial charge in [-0.3, -0.25) is 9.59 Å². The molecule has 0 saturated carbocycles. The number of carbonyl (C=O) groups is 3. The third-order valence-electron chi connectivity index (χ3n) is 6.07. The number of carboxylic acids is 1. The van der Waals surface area contributed by atoms with Crippen LogP contribution in [0.2, 0.25) is 0 Å². The van der Waals surface area contributed by atoms with Gasteiger partial charge in [-0.25, -0.2) is 4.79 Å². The Labute approximate surface area is 306 Å². The predicted molar refractivity (Wildman–Crippen MR) is 146 cm³/mol. The Morgan fingerprint density at radius 3 is 1.66 bits per heavy atom. The van der Waals surface area contributed by atoms with Crippen molar-refractivity contribution >= 4 is 17.9 Å². The van der Waals surface area contributed by atoms with Crippen molar-refractivity contribution in [3.05, 3.63) is 34.7 Å². The monoisotopic (exact) mass is 774 g/mol. The summed E-state index contributed by atoms with van der Waals surface area (Å²) in [6.07, 6.45) is 2.68. The number of aromatic nitrogens is 4. The van der Waals surface area contributed by atoms with Gasteiger partial charge in [0.05, 0.1) is 38.4 Å². The van der Waals surface area contributed by atoms with Crippen molar-refractivity contribution in [2.75, 3.05) is 41.7 Å². The molecule has 0 saturated heterocycles. The molecule has 0 amide bonds. The van der Waals surface area contributed by atoms with E-state index in [1.165, 1.54) is 20.6 Å². The first kappa shape index (κ1) is 44.2. The van der Waals surface area contributed by atoms with Gasteiger partial charge in [0.25, 0.3) is 0 Å². The summed E-state index contributed by atoms with van der Waals surface area (Å²) >= 11 is 0. The van der Waals surface area contributed by atoms with Crippen LogP contribution >= 0.6 is 0 Å². The fourth-order valence-corrected chi connectivity index (χ4v) is 3.90. The second kappa shape index (κ2) is 24.3. The van der Waals surface area contributed by atoms with E-state index in [9.17, 15) is 14.4 Å². The Kier molecular flexibility index (Phi) is 24.5. The number of hydrogen-bond donors (Lipinski definition) is 1. The number of methoxy groups -OCH3 is 4. The van der Waals surface area contributed by atoms with Crippen LogP contribution in [0.3, 0.4) is 0 Å². The maximum absolute atomic E-state index is 11.5. The zero-order chi connectivity index (χ0) is 31.7. The molecule has 2 atom stereocenters. The van der Waals surface area contributed by atoms with Crippen molar-refractivity contribution < 1.29 is 117 Å². The number of ether oxygens (including phenoxy) is 4. The smallest absolute Gasteiger partial charge is 0.375 e. The molecule has 0 aliphatic rings. The Balaban J connectivity index is 0. The van der Waals surface area contributed by atoms with Gasteiger partial charge in [0.1, 0.15) is 0 Å². The number of aromatic carboxylic acids is 1. The van der Waals surface area contributed by atoms with E-state index in [-0.39, 0.29) is 108 Å². The van der Waals surface area contributed by atoms with Crippen LogP contribution in [0.25, 0.3) is 11.6 Å². The van der Waals surface area contributed by atoms with Crippen molar-refractivity contribution in [2.45, 2.75) is 65.2 Å². The number of carboxylic acid groups (broad SMARTS) is 1. The standard InChI is InChI=1S/C13H17N3O5.C12H17NO6.C2H6.2Y/c1-8-11(9(4-5-18-2)6-10(17)19-3)15-21-12(8)13-14-7-20-16-13;1-7-10(13-19-11(7)12(15)16)8(4-5-17-2)6-9(14)18-3;1-2;;/h7,9H,4-6H2,1-3H3;8H,4-6H2,1-3H3,(H,15,16);1-2H3;;. The molecule has 0 aliphatic heterocycles. The van der Waals surface area contributed by atoms with Gasteiger partial charge in [-0.15, -0.1) is 0 Å². The van der Waals surface area contributed by atoms with Crippen molar-refractivity contribution in [3.63, 3.8) is 0 Å². The van der Waals surface area contributed by atoms with Gasteiger partial charge < -0.3 is 37.6 Å². The number of nitrogens with zero attached hydrogens (tertiary/aromatic N) is 4. The van der Waals surface area contributed by atoms with E-state index in [1.807, 2.05) is 20.8 Å². The largest absolute Gasteiger partial charge is 0.475 e. The molecule has 44 heavy (non-hydrogen) atoms. The molecular formula is C27H40N4O11Y2. The van der Waals surface area contributed by atoms with Gasteiger partial charge in [-0.2, -0.15) is 4.98 Å². The van der Waals surface area contributed by atoms with E-state index in [0.717, 1.165) is 5.56 Å². The minimum absolute atomic E-state index is 0. The molecule has 3 heterocycles. The van der Waals surface area contributed by atoms with Crippen LogP contribution in [0.15, 0.2) is 20.0 Å². The van der Waals surface area contributed by atoms with E-state index in [1.54, 1.807) is 21.1 Å². The van der Waals surface area contributed by atoms with E-state index in [4.69, 9.17) is 32.9 Å². The van der Waals surface area contributed by atoms with Crippen molar-refractivity contribution in [2.24, 2.45) is 0 Å². The van der Waals surface area contributed by atoms with Gasteiger partial charge in [0, 0.05) is 116 Å². The molecule has 1 N–H and O–H groups in total. The van der Waals surface area contributed by atoms with Gasteiger partial charge in [-0.05, 0) is 26.7 Å². The van der Waals surface area contributed by atoms with Gasteiger partial charge >= 0.3 is 17.9 Å². The second-order valence-electron chi connectivity index (χ2n) is 8.62. The number of esters is 2. The fraction of sp³-hybridized carbons (Fsp3) is 0.593. The third kappa shape index (κ3) is 13.6. The van der Waals surface area contributed by atoms with Crippen LogP contribution in [0, 0.1) is 13.8 Å². The SMILES string of the molecule is CC.COCCC(CC(=O)OC)c1noc(-c2ncon2)c1C.COCCC(CC(=O)OC)c1noc(C(=O)O)c1C.[Y].[Y]. The first-order valence-corrected chi connectivity index (χ1v) is 13.2. The van der Waals surface area contributed by atoms with E-state index in [2.05, 4.69) is 25.2 Å². The molecule has 3 rings (SSSR count). The molecule has 2 radical (unpaired) electrons. The number of hydrogen-bond acceptors (Lipinski definition) is 14. The van der Waals surface area contributed by atoms with Crippen LogP contribution in [-0.2, 0) is 94.0 Å². The molecule has 0 spiro atoms. The van der Waals surface area contributed by atoms with Crippen LogP contribution in [0.5, 0.6) is 0 Å². The third-order valence-corrected chi connectivity index (χ3v) is 6.07. The molecule has 3 aromatic heterocycles. The summed E-state index contributed by atoms with van der Waals surface area (Å²) in [5, 5.41) is 20.4. The normalized spacial score (nSPS) is 11.3. The van der Waals surface area contributed by atoms with Gasteiger partial charge in [0.2, 0.25) is 23.7 Å².